The monoisotopic (exact) mass is 361 g/mol. The van der Waals surface area contributed by atoms with E-state index in [0.717, 1.165) is 12.3 Å². The smallest absolute Gasteiger partial charge is 0.394 e. The Morgan fingerprint density at radius 3 is 2.35 bits per heavy atom. The largest absolute Gasteiger partial charge is 0.394 e. The number of anilines is 1. The third-order valence-electron chi connectivity index (χ3n) is 2.66. The molecule has 1 aromatic rings. The molecule has 0 amide bonds. The molecule has 0 unspecified atom stereocenters. The van der Waals surface area contributed by atoms with E-state index in [1.807, 2.05) is 0 Å². The van der Waals surface area contributed by atoms with Crippen LogP contribution in [0.4, 0.5) is 14.6 Å². The van der Waals surface area contributed by atoms with Crippen molar-refractivity contribution < 1.29 is 41.3 Å². The van der Waals surface area contributed by atoms with E-state index in [-0.39, 0.29) is 5.82 Å². The van der Waals surface area contributed by atoms with Crippen LogP contribution in [0.25, 0.3) is 0 Å². The van der Waals surface area contributed by atoms with Gasteiger partial charge in [0.15, 0.2) is 6.10 Å². The maximum Gasteiger partial charge on any atom is 0.394 e. The molecule has 23 heavy (non-hydrogen) atoms. The molecule has 1 aromatic heterocycles. The molecule has 132 valence electrons. The third kappa shape index (κ3) is 4.88. The van der Waals surface area contributed by atoms with Gasteiger partial charge in [0, 0.05) is 6.20 Å². The van der Waals surface area contributed by atoms with Gasteiger partial charge in [0.05, 0.1) is 6.61 Å². The van der Waals surface area contributed by atoms with E-state index in [1.54, 1.807) is 0 Å². The van der Waals surface area contributed by atoms with Gasteiger partial charge in [-0.2, -0.15) is 22.2 Å². The Hall–Kier alpha value is -1.71. The predicted octanol–water partition coefficient (Wildman–Crippen LogP) is -1.94. The van der Waals surface area contributed by atoms with Crippen molar-refractivity contribution in [3.63, 3.8) is 0 Å². The average Bonchev–Trinajstić information content (AvgIpc) is 2.60. The Kier molecular flexibility index (Phi) is 5.73. The van der Waals surface area contributed by atoms with Crippen LogP contribution in [0, 0.1) is 0 Å². The van der Waals surface area contributed by atoms with Crippen LogP contribution in [-0.2, 0) is 15.1 Å². The predicted molar refractivity (Wildman–Crippen MR) is 69.0 cm³/mol. The normalized spacial score (nSPS) is 26.4. The zero-order valence-electron chi connectivity index (χ0n) is 11.2. The molecule has 0 saturated carbocycles. The highest BCUT2D eigenvalue weighted by atomic mass is 32.3. The number of alkyl halides is 2. The van der Waals surface area contributed by atoms with Crippen molar-refractivity contribution in [2.24, 2.45) is 0 Å². The molecule has 0 radical (unpaired) electrons. The second kappa shape index (κ2) is 6.81. The molecule has 1 saturated heterocycles. The Morgan fingerprint density at radius 2 is 1.96 bits per heavy atom. The molecule has 1 fully saturated rings. The number of hydrogen-bond acceptors (Lipinski definition) is 8. The van der Waals surface area contributed by atoms with E-state index in [0.29, 0.717) is 4.57 Å². The van der Waals surface area contributed by atoms with Gasteiger partial charge >= 0.3 is 22.0 Å². The first-order valence-electron chi connectivity index (χ1n) is 5.74. The molecule has 0 spiro atoms. The lowest BCUT2D eigenvalue weighted by atomic mass is 10.1. The van der Waals surface area contributed by atoms with Crippen LogP contribution >= 0.6 is 0 Å². The summed E-state index contributed by atoms with van der Waals surface area (Å²) in [5.74, 6) is -3.83. The van der Waals surface area contributed by atoms with Crippen LogP contribution in [0.15, 0.2) is 17.1 Å². The fourth-order valence-corrected chi connectivity index (χ4v) is 1.72. The molecule has 2 heterocycles. The average molecular weight is 361 g/mol. The van der Waals surface area contributed by atoms with Crippen molar-refractivity contribution in [1.82, 2.24) is 9.55 Å². The summed E-state index contributed by atoms with van der Waals surface area (Å²) in [6, 6.07) is 1.15. The Bertz CT molecular complexity index is 701. The van der Waals surface area contributed by atoms with Crippen molar-refractivity contribution in [2.75, 3.05) is 12.3 Å². The summed E-state index contributed by atoms with van der Waals surface area (Å²) in [4.78, 5) is 14.7. The number of nitrogens with two attached hydrogens (primary N) is 1. The Morgan fingerprint density at radius 1 is 1.43 bits per heavy atom. The highest BCUT2D eigenvalue weighted by molar-refractivity contribution is 7.79. The molecule has 6 N–H and O–H groups in total. The summed E-state index contributed by atoms with van der Waals surface area (Å²) < 4.78 is 64.3. The molecule has 2 rings (SSSR count). The summed E-state index contributed by atoms with van der Waals surface area (Å²) in [6.07, 6.45) is -4.69. The maximum atomic E-state index is 13.7. The molecule has 0 aromatic carbocycles. The van der Waals surface area contributed by atoms with Gasteiger partial charge in [-0.3, -0.25) is 13.7 Å². The minimum absolute atomic E-state index is 0.114. The Labute approximate surface area is 127 Å². The van der Waals surface area contributed by atoms with E-state index in [2.05, 4.69) is 4.98 Å². The SMILES string of the molecule is Nc1ccn([C@@H]2O[C@H](CO)[C@@H](O)C2(F)F)c(=O)n1.O=S(=O)(O)O. The number of aromatic nitrogens is 2. The lowest BCUT2D eigenvalue weighted by Crippen LogP contribution is -2.41. The summed E-state index contributed by atoms with van der Waals surface area (Å²) in [7, 11) is -4.67. The van der Waals surface area contributed by atoms with Gasteiger partial charge < -0.3 is 20.7 Å². The van der Waals surface area contributed by atoms with Gasteiger partial charge in [0.25, 0.3) is 0 Å². The Balaban J connectivity index is 0.000000463. The molecular formula is C9H13F2N3O8S. The molecule has 3 atom stereocenters. The van der Waals surface area contributed by atoms with Crippen LogP contribution in [0.1, 0.15) is 6.23 Å². The van der Waals surface area contributed by atoms with E-state index in [9.17, 15) is 18.7 Å². The van der Waals surface area contributed by atoms with Crippen molar-refractivity contribution in [2.45, 2.75) is 24.4 Å². The van der Waals surface area contributed by atoms with Gasteiger partial charge in [-0.1, -0.05) is 0 Å². The first-order valence-corrected chi connectivity index (χ1v) is 7.14. The summed E-state index contributed by atoms with van der Waals surface area (Å²) in [5.41, 5.74) is 4.21. The molecular weight excluding hydrogens is 348 g/mol. The maximum absolute atomic E-state index is 13.7. The highest BCUT2D eigenvalue weighted by Crippen LogP contribution is 2.41. The lowest BCUT2D eigenvalue weighted by Gasteiger charge is -2.20. The van der Waals surface area contributed by atoms with Crippen LogP contribution in [-0.4, -0.2) is 62.0 Å². The molecule has 1 aliphatic heterocycles. The van der Waals surface area contributed by atoms with Crippen molar-refractivity contribution >= 4 is 16.2 Å². The number of halogens is 2. The van der Waals surface area contributed by atoms with E-state index in [1.165, 1.54) is 0 Å². The summed E-state index contributed by atoms with van der Waals surface area (Å²) in [6.45, 7) is -0.787. The number of nitrogen functional groups attached to an aromatic ring is 1. The summed E-state index contributed by atoms with van der Waals surface area (Å²) in [5, 5.41) is 18.1. The fraction of sp³-hybridized carbons (Fsp3) is 0.556. The van der Waals surface area contributed by atoms with E-state index >= 15 is 0 Å². The molecule has 1 aliphatic rings. The van der Waals surface area contributed by atoms with Gasteiger partial charge in [-0.05, 0) is 6.07 Å². The van der Waals surface area contributed by atoms with Crippen LogP contribution in [0.2, 0.25) is 0 Å². The lowest BCUT2D eigenvalue weighted by molar-refractivity contribution is -0.140. The number of aliphatic hydroxyl groups is 2. The van der Waals surface area contributed by atoms with Gasteiger partial charge in [-0.15, -0.1) is 0 Å². The number of rotatable bonds is 2. The minimum atomic E-state index is -4.67. The number of hydrogen-bond donors (Lipinski definition) is 5. The molecule has 14 heteroatoms. The second-order valence-corrected chi connectivity index (χ2v) is 5.21. The second-order valence-electron chi connectivity index (χ2n) is 4.32. The van der Waals surface area contributed by atoms with Gasteiger partial charge in [0.1, 0.15) is 11.9 Å². The first-order chi connectivity index (χ1) is 10.4. The van der Waals surface area contributed by atoms with Crippen LogP contribution in [0.5, 0.6) is 0 Å². The highest BCUT2D eigenvalue weighted by Gasteiger charge is 2.59. The van der Waals surface area contributed by atoms with Crippen LogP contribution in [0.3, 0.4) is 0 Å². The van der Waals surface area contributed by atoms with Crippen LogP contribution < -0.4 is 11.4 Å². The number of ether oxygens (including phenoxy) is 1. The standard InChI is InChI=1S/C9H11F2N3O4.H2O4S/c10-9(11)6(16)4(3-15)18-7(9)14-2-1-5(12)13-8(14)17;1-5(2,3)4/h1-2,4,6-7,15-16H,3H2,(H2,12,13,17);(H2,1,2,3,4)/t4-,6-,7-;/m1./s1. The summed E-state index contributed by atoms with van der Waals surface area (Å²) >= 11 is 0. The van der Waals surface area contributed by atoms with Gasteiger partial charge in [-0.25, -0.2) is 4.79 Å². The topological polar surface area (TPSA) is 185 Å². The van der Waals surface area contributed by atoms with E-state index in [4.69, 9.17) is 33.1 Å². The number of nitrogens with zero attached hydrogens (tertiary/aromatic N) is 2. The molecule has 11 nitrogen and oxygen atoms in total. The quantitative estimate of drug-likeness (QED) is 0.371. The van der Waals surface area contributed by atoms with Crippen molar-refractivity contribution in [1.29, 1.82) is 0 Å². The molecule has 0 bridgehead atoms. The van der Waals surface area contributed by atoms with Gasteiger partial charge in [0.2, 0.25) is 6.23 Å². The zero-order chi connectivity index (χ0) is 18.0. The van der Waals surface area contributed by atoms with E-state index < -0.39 is 47.1 Å². The third-order valence-corrected chi connectivity index (χ3v) is 2.66. The number of aliphatic hydroxyl groups excluding tert-OH is 2. The van der Waals surface area contributed by atoms with Crippen molar-refractivity contribution in [3.05, 3.63) is 22.7 Å². The zero-order valence-corrected chi connectivity index (χ0v) is 12.0. The fourth-order valence-electron chi connectivity index (χ4n) is 1.72. The van der Waals surface area contributed by atoms with Crippen molar-refractivity contribution in [3.8, 4) is 0 Å². The first kappa shape index (κ1) is 19.3. The molecule has 0 aliphatic carbocycles. The minimum Gasteiger partial charge on any atom is -0.394 e.